The van der Waals surface area contributed by atoms with Gasteiger partial charge >= 0.3 is 0 Å². The second kappa shape index (κ2) is 2.53. The van der Waals surface area contributed by atoms with Crippen LogP contribution in [0.1, 0.15) is 16.7 Å². The van der Waals surface area contributed by atoms with Gasteiger partial charge in [0.25, 0.3) is 0 Å². The van der Waals surface area contributed by atoms with E-state index in [1.807, 2.05) is 0 Å². The Morgan fingerprint density at radius 1 is 0.923 bits per heavy atom. The van der Waals surface area contributed by atoms with Crippen molar-refractivity contribution in [1.82, 2.24) is 0 Å². The van der Waals surface area contributed by atoms with Gasteiger partial charge in [-0.25, -0.2) is 0 Å². The van der Waals surface area contributed by atoms with E-state index in [2.05, 4.69) is 0 Å². The van der Waals surface area contributed by atoms with E-state index < -0.39 is 5.75 Å². The molecule has 0 fully saturated rings. The van der Waals surface area contributed by atoms with E-state index in [4.69, 9.17) is 4.74 Å². The Bertz CT molecular complexity index is 336. The lowest BCUT2D eigenvalue weighted by Gasteiger charge is -2.09. The first-order valence-electron chi connectivity index (χ1n) is 3.96. The van der Waals surface area contributed by atoms with E-state index in [1.54, 1.807) is 6.92 Å². The van der Waals surface area contributed by atoms with Crippen LogP contribution < -0.4 is 0 Å². The lowest BCUT2D eigenvalue weighted by molar-refractivity contribution is 0.133. The molecule has 0 bridgehead atoms. The number of aromatic hydroxyl groups is 3. The summed E-state index contributed by atoms with van der Waals surface area (Å²) < 4.78 is 5.10. The van der Waals surface area contributed by atoms with Crippen LogP contribution >= 0.6 is 0 Å². The summed E-state index contributed by atoms with van der Waals surface area (Å²) >= 11 is 0. The lowest BCUT2D eigenvalue weighted by Crippen LogP contribution is -1.90. The summed E-state index contributed by atoms with van der Waals surface area (Å²) in [6.07, 6.45) is 0. The van der Waals surface area contributed by atoms with E-state index >= 15 is 0 Å². The molecule has 0 saturated carbocycles. The van der Waals surface area contributed by atoms with E-state index in [1.165, 1.54) is 0 Å². The number of rotatable bonds is 0. The minimum Gasteiger partial charge on any atom is -0.504 e. The summed E-state index contributed by atoms with van der Waals surface area (Å²) in [5.74, 6) is -0.987. The Morgan fingerprint density at radius 2 is 1.54 bits per heavy atom. The molecule has 1 aromatic carbocycles. The van der Waals surface area contributed by atoms with Crippen LogP contribution in [-0.2, 0) is 18.0 Å². The van der Waals surface area contributed by atoms with Gasteiger partial charge in [0.2, 0.25) is 5.75 Å². The highest BCUT2D eigenvalue weighted by molar-refractivity contribution is 5.61. The second-order valence-corrected chi connectivity index (χ2v) is 3.12. The van der Waals surface area contributed by atoms with Crippen molar-refractivity contribution in [3.8, 4) is 17.2 Å². The molecule has 0 spiro atoms. The molecule has 0 atom stereocenters. The fourth-order valence-electron chi connectivity index (χ4n) is 1.55. The highest BCUT2D eigenvalue weighted by Crippen LogP contribution is 2.45. The molecule has 3 N–H and O–H groups in total. The minimum absolute atomic E-state index is 0.262. The standard InChI is InChI=1S/C9H10O4/c1-4-5-2-13-3-6(5)8(11)9(12)7(4)10/h10-12H,2-3H2,1H3. The van der Waals surface area contributed by atoms with Gasteiger partial charge in [-0.05, 0) is 12.5 Å². The van der Waals surface area contributed by atoms with Crippen LogP contribution in [0, 0.1) is 6.92 Å². The molecule has 70 valence electrons. The summed E-state index contributed by atoms with van der Waals surface area (Å²) in [4.78, 5) is 0. The molecule has 1 aliphatic rings. The van der Waals surface area contributed by atoms with Crippen molar-refractivity contribution in [1.29, 1.82) is 0 Å². The normalized spacial score (nSPS) is 14.5. The topological polar surface area (TPSA) is 69.9 Å². The van der Waals surface area contributed by atoms with E-state index in [-0.39, 0.29) is 18.1 Å². The summed E-state index contributed by atoms with van der Waals surface area (Å²) in [5, 5.41) is 28.1. The van der Waals surface area contributed by atoms with Crippen LogP contribution in [0.3, 0.4) is 0 Å². The van der Waals surface area contributed by atoms with Crippen molar-refractivity contribution < 1.29 is 20.1 Å². The largest absolute Gasteiger partial charge is 0.504 e. The maximum absolute atomic E-state index is 9.43. The predicted octanol–water partition coefficient (Wildman–Crippen LogP) is 1.14. The van der Waals surface area contributed by atoms with Crippen molar-refractivity contribution in [2.24, 2.45) is 0 Å². The number of ether oxygens (including phenoxy) is 1. The van der Waals surface area contributed by atoms with Crippen molar-refractivity contribution in [2.75, 3.05) is 0 Å². The first kappa shape index (κ1) is 8.19. The molecule has 13 heavy (non-hydrogen) atoms. The molecule has 1 aromatic rings. The molecule has 0 saturated heterocycles. The molecule has 1 heterocycles. The van der Waals surface area contributed by atoms with Gasteiger partial charge in [-0.2, -0.15) is 0 Å². The van der Waals surface area contributed by atoms with Gasteiger partial charge in [-0.1, -0.05) is 0 Å². The van der Waals surface area contributed by atoms with E-state index in [9.17, 15) is 15.3 Å². The Morgan fingerprint density at radius 3 is 2.23 bits per heavy atom. The van der Waals surface area contributed by atoms with Crippen LogP contribution in [0.4, 0.5) is 0 Å². The molecule has 4 heteroatoms. The Balaban J connectivity index is 2.77. The van der Waals surface area contributed by atoms with Crippen molar-refractivity contribution in [2.45, 2.75) is 20.1 Å². The summed E-state index contributed by atoms with van der Waals surface area (Å²) in [6.45, 7) is 2.35. The Hall–Kier alpha value is -1.42. The van der Waals surface area contributed by atoms with Gasteiger partial charge in [0.15, 0.2) is 11.5 Å². The number of phenols is 3. The quantitative estimate of drug-likeness (QED) is 0.526. The van der Waals surface area contributed by atoms with Gasteiger partial charge < -0.3 is 20.1 Å². The average molecular weight is 182 g/mol. The SMILES string of the molecule is Cc1c(O)c(O)c(O)c2c1COC2. The molecule has 0 aliphatic carbocycles. The third-order valence-electron chi connectivity index (χ3n) is 2.40. The number of hydrogen-bond donors (Lipinski definition) is 3. The summed E-state index contributed by atoms with van der Waals surface area (Å²) in [5.41, 5.74) is 1.92. The first-order chi connectivity index (χ1) is 6.13. The second-order valence-electron chi connectivity index (χ2n) is 3.12. The highest BCUT2D eigenvalue weighted by atomic mass is 16.5. The smallest absolute Gasteiger partial charge is 0.200 e. The third kappa shape index (κ3) is 0.954. The zero-order chi connectivity index (χ0) is 9.59. The van der Waals surface area contributed by atoms with Gasteiger partial charge in [0, 0.05) is 11.1 Å². The van der Waals surface area contributed by atoms with Crippen LogP contribution in [0.25, 0.3) is 0 Å². The lowest BCUT2D eigenvalue weighted by atomic mass is 10.0. The molecule has 0 amide bonds. The van der Waals surface area contributed by atoms with Gasteiger partial charge in [0.1, 0.15) is 0 Å². The van der Waals surface area contributed by atoms with Crippen LogP contribution in [-0.4, -0.2) is 15.3 Å². The molecule has 2 rings (SSSR count). The Kier molecular flexibility index (Phi) is 1.60. The summed E-state index contributed by atoms with van der Waals surface area (Å²) in [7, 11) is 0. The van der Waals surface area contributed by atoms with Gasteiger partial charge in [-0.15, -0.1) is 0 Å². The number of benzene rings is 1. The van der Waals surface area contributed by atoms with Gasteiger partial charge in [0.05, 0.1) is 13.2 Å². The van der Waals surface area contributed by atoms with Crippen LogP contribution in [0.5, 0.6) is 17.2 Å². The van der Waals surface area contributed by atoms with Crippen molar-refractivity contribution in [3.63, 3.8) is 0 Å². The molecule has 4 nitrogen and oxygen atoms in total. The molecule has 0 unspecified atom stereocenters. The van der Waals surface area contributed by atoms with E-state index in [0.717, 1.165) is 5.56 Å². The minimum atomic E-state index is -0.457. The maximum Gasteiger partial charge on any atom is 0.200 e. The van der Waals surface area contributed by atoms with Crippen LogP contribution in [0.15, 0.2) is 0 Å². The molecule has 0 aromatic heterocycles. The fourth-order valence-corrected chi connectivity index (χ4v) is 1.55. The molecular formula is C9H10O4. The molecule has 0 radical (unpaired) electrons. The maximum atomic E-state index is 9.43. The number of hydrogen-bond acceptors (Lipinski definition) is 4. The molecular weight excluding hydrogens is 172 g/mol. The van der Waals surface area contributed by atoms with Gasteiger partial charge in [-0.3, -0.25) is 0 Å². The highest BCUT2D eigenvalue weighted by Gasteiger charge is 2.24. The van der Waals surface area contributed by atoms with E-state index in [0.29, 0.717) is 17.7 Å². The summed E-state index contributed by atoms with van der Waals surface area (Å²) in [6, 6.07) is 0. The van der Waals surface area contributed by atoms with Crippen molar-refractivity contribution in [3.05, 3.63) is 16.7 Å². The zero-order valence-electron chi connectivity index (χ0n) is 7.16. The zero-order valence-corrected chi connectivity index (χ0v) is 7.16. The van der Waals surface area contributed by atoms with Crippen molar-refractivity contribution >= 4 is 0 Å². The monoisotopic (exact) mass is 182 g/mol. The third-order valence-corrected chi connectivity index (χ3v) is 2.40. The molecule has 1 aliphatic heterocycles. The predicted molar refractivity (Wildman–Crippen MR) is 44.7 cm³/mol. The van der Waals surface area contributed by atoms with Crippen LogP contribution in [0.2, 0.25) is 0 Å². The number of fused-ring (bicyclic) bond motifs is 1. The first-order valence-corrected chi connectivity index (χ1v) is 3.96. The Labute approximate surface area is 75.0 Å². The number of phenolic OH excluding ortho intramolecular Hbond substituents is 3. The average Bonchev–Trinajstić information content (AvgIpc) is 2.59. The fraction of sp³-hybridized carbons (Fsp3) is 0.333.